The normalized spacial score (nSPS) is 11.8. The second-order valence-corrected chi connectivity index (χ2v) is 5.12. The molecule has 120 valence electrons. The zero-order valence-corrected chi connectivity index (χ0v) is 12.9. The van der Waals surface area contributed by atoms with Gasteiger partial charge in [-0.05, 0) is 31.5 Å². The van der Waals surface area contributed by atoms with Crippen molar-refractivity contribution in [2.75, 3.05) is 11.9 Å². The Bertz CT molecular complexity index is 727. The molecule has 0 radical (unpaired) electrons. The molecule has 1 heterocycles. The van der Waals surface area contributed by atoms with E-state index in [1.807, 2.05) is 0 Å². The number of anilines is 1. The maximum atomic E-state index is 10.7. The number of aliphatic hydroxyl groups excluding tert-OH is 1. The zero-order chi connectivity index (χ0) is 17.0. The number of nitrogens with zero attached hydrogens (tertiary/aromatic N) is 2. The van der Waals surface area contributed by atoms with Crippen LogP contribution in [0.1, 0.15) is 18.3 Å². The van der Waals surface area contributed by atoms with E-state index in [0.717, 1.165) is 11.1 Å². The number of aromatic nitrogens is 2. The number of benzene rings is 1. The van der Waals surface area contributed by atoms with E-state index >= 15 is 0 Å². The molecular weight excluding hydrogens is 296 g/mol. The number of nitrogens with one attached hydrogen (secondary N) is 2. The SMILES string of the molecule is Cc1ncc(-c2ccc(NCC(=O)O)c(C(=N)C(C)O)c2)cn1. The molecule has 1 unspecified atom stereocenters. The molecule has 0 spiro atoms. The van der Waals surface area contributed by atoms with Crippen LogP contribution in [0.5, 0.6) is 0 Å². The largest absolute Gasteiger partial charge is 0.480 e. The van der Waals surface area contributed by atoms with E-state index in [1.54, 1.807) is 37.5 Å². The Morgan fingerprint density at radius 1 is 1.30 bits per heavy atom. The lowest BCUT2D eigenvalue weighted by Crippen LogP contribution is -2.20. The van der Waals surface area contributed by atoms with Crippen LogP contribution in [0, 0.1) is 12.3 Å². The summed E-state index contributed by atoms with van der Waals surface area (Å²) in [7, 11) is 0. The Morgan fingerprint density at radius 3 is 2.52 bits per heavy atom. The van der Waals surface area contributed by atoms with Gasteiger partial charge in [-0.15, -0.1) is 0 Å². The molecule has 1 atom stereocenters. The summed E-state index contributed by atoms with van der Waals surface area (Å²) in [6.07, 6.45) is 2.39. The first-order valence-electron chi connectivity index (χ1n) is 7.04. The van der Waals surface area contributed by atoms with Crippen LogP contribution < -0.4 is 5.32 Å². The quantitative estimate of drug-likeness (QED) is 0.602. The minimum atomic E-state index is -1.00. The van der Waals surface area contributed by atoms with Crippen molar-refractivity contribution in [2.45, 2.75) is 20.0 Å². The fraction of sp³-hybridized carbons (Fsp3) is 0.250. The summed E-state index contributed by atoms with van der Waals surface area (Å²) < 4.78 is 0. The van der Waals surface area contributed by atoms with Crippen molar-refractivity contribution >= 4 is 17.4 Å². The maximum absolute atomic E-state index is 10.7. The Morgan fingerprint density at radius 2 is 1.96 bits per heavy atom. The number of aryl methyl sites for hydroxylation is 1. The van der Waals surface area contributed by atoms with Gasteiger partial charge in [0.05, 0.1) is 11.8 Å². The fourth-order valence-corrected chi connectivity index (χ4v) is 2.04. The lowest BCUT2D eigenvalue weighted by atomic mass is 9.98. The van der Waals surface area contributed by atoms with Crippen molar-refractivity contribution in [2.24, 2.45) is 0 Å². The van der Waals surface area contributed by atoms with Crippen LogP contribution in [-0.2, 0) is 4.79 Å². The first-order valence-corrected chi connectivity index (χ1v) is 7.04. The van der Waals surface area contributed by atoms with Crippen molar-refractivity contribution in [3.63, 3.8) is 0 Å². The number of aliphatic hydroxyl groups is 1. The molecule has 7 heteroatoms. The third kappa shape index (κ3) is 4.10. The molecule has 2 aromatic rings. The molecule has 0 saturated carbocycles. The molecule has 1 aromatic heterocycles. The second kappa shape index (κ2) is 6.97. The molecule has 2 rings (SSSR count). The number of carboxylic acid groups (broad SMARTS) is 1. The van der Waals surface area contributed by atoms with Gasteiger partial charge in [0.2, 0.25) is 0 Å². The summed E-state index contributed by atoms with van der Waals surface area (Å²) in [5.41, 5.74) is 2.49. The highest BCUT2D eigenvalue weighted by atomic mass is 16.4. The van der Waals surface area contributed by atoms with E-state index in [-0.39, 0.29) is 12.3 Å². The Labute approximate surface area is 133 Å². The fourth-order valence-electron chi connectivity index (χ4n) is 2.04. The van der Waals surface area contributed by atoms with Gasteiger partial charge in [-0.3, -0.25) is 4.79 Å². The van der Waals surface area contributed by atoms with Crippen LogP contribution in [0.3, 0.4) is 0 Å². The molecule has 23 heavy (non-hydrogen) atoms. The highest BCUT2D eigenvalue weighted by Crippen LogP contribution is 2.25. The second-order valence-electron chi connectivity index (χ2n) is 5.12. The predicted octanol–water partition coefficient (Wildman–Crippen LogP) is 1.70. The molecule has 4 N–H and O–H groups in total. The van der Waals surface area contributed by atoms with Gasteiger partial charge in [0, 0.05) is 29.2 Å². The van der Waals surface area contributed by atoms with Crippen molar-refractivity contribution in [1.82, 2.24) is 9.97 Å². The molecule has 0 bridgehead atoms. The summed E-state index contributed by atoms with van der Waals surface area (Å²) in [6, 6.07) is 5.19. The van der Waals surface area contributed by atoms with E-state index in [9.17, 15) is 9.90 Å². The summed E-state index contributed by atoms with van der Waals surface area (Å²) in [5, 5.41) is 29.3. The number of rotatable bonds is 6. The summed E-state index contributed by atoms with van der Waals surface area (Å²) in [5.74, 6) is -0.346. The number of carboxylic acids is 1. The Hall–Kier alpha value is -2.80. The highest BCUT2D eigenvalue weighted by molar-refractivity contribution is 6.06. The molecule has 0 aliphatic heterocycles. The molecule has 1 aromatic carbocycles. The van der Waals surface area contributed by atoms with E-state index < -0.39 is 12.1 Å². The van der Waals surface area contributed by atoms with Gasteiger partial charge in [0.1, 0.15) is 12.4 Å². The van der Waals surface area contributed by atoms with Crippen LogP contribution in [0.25, 0.3) is 11.1 Å². The maximum Gasteiger partial charge on any atom is 0.322 e. The molecule has 0 fully saturated rings. The van der Waals surface area contributed by atoms with Gasteiger partial charge >= 0.3 is 5.97 Å². The lowest BCUT2D eigenvalue weighted by Gasteiger charge is -2.15. The van der Waals surface area contributed by atoms with Gasteiger partial charge in [-0.2, -0.15) is 0 Å². The smallest absolute Gasteiger partial charge is 0.322 e. The third-order valence-electron chi connectivity index (χ3n) is 3.27. The first-order chi connectivity index (χ1) is 10.9. The monoisotopic (exact) mass is 314 g/mol. The van der Waals surface area contributed by atoms with Gasteiger partial charge in [-0.1, -0.05) is 6.07 Å². The minimum Gasteiger partial charge on any atom is -0.480 e. The summed E-state index contributed by atoms with van der Waals surface area (Å²) in [4.78, 5) is 19.0. The van der Waals surface area contributed by atoms with Crippen molar-refractivity contribution in [3.8, 4) is 11.1 Å². The van der Waals surface area contributed by atoms with Gasteiger partial charge < -0.3 is 20.9 Å². The molecule has 0 saturated heterocycles. The van der Waals surface area contributed by atoms with Crippen LogP contribution in [0.4, 0.5) is 5.69 Å². The standard InChI is InChI=1S/C16H18N4O3/c1-9(21)16(17)13-5-11(12-6-18-10(2)19-7-12)3-4-14(13)20-8-15(22)23/h3-7,9,17,20-21H,8H2,1-2H3,(H,22,23). The third-order valence-corrected chi connectivity index (χ3v) is 3.27. The molecule has 0 amide bonds. The topological polar surface area (TPSA) is 119 Å². The van der Waals surface area contributed by atoms with Gasteiger partial charge in [0.15, 0.2) is 0 Å². The van der Waals surface area contributed by atoms with Gasteiger partial charge in [-0.25, -0.2) is 9.97 Å². The lowest BCUT2D eigenvalue weighted by molar-refractivity contribution is -0.134. The summed E-state index contributed by atoms with van der Waals surface area (Å²) in [6.45, 7) is 3.01. The number of carbonyl (C=O) groups is 1. The Balaban J connectivity index is 2.43. The average Bonchev–Trinajstić information content (AvgIpc) is 2.52. The van der Waals surface area contributed by atoms with Crippen LogP contribution >= 0.6 is 0 Å². The number of hydrogen-bond acceptors (Lipinski definition) is 6. The minimum absolute atomic E-state index is 0.00719. The van der Waals surface area contributed by atoms with E-state index in [0.29, 0.717) is 17.1 Å². The van der Waals surface area contributed by atoms with Crippen molar-refractivity contribution in [1.29, 1.82) is 5.41 Å². The van der Waals surface area contributed by atoms with Crippen molar-refractivity contribution in [3.05, 3.63) is 42.0 Å². The molecule has 0 aliphatic rings. The van der Waals surface area contributed by atoms with Crippen molar-refractivity contribution < 1.29 is 15.0 Å². The number of aliphatic carboxylic acids is 1. The van der Waals surface area contributed by atoms with E-state index in [2.05, 4.69) is 15.3 Å². The average molecular weight is 314 g/mol. The van der Waals surface area contributed by atoms with Crippen LogP contribution in [0.2, 0.25) is 0 Å². The van der Waals surface area contributed by atoms with E-state index in [4.69, 9.17) is 10.5 Å². The molecule has 0 aliphatic carbocycles. The predicted molar refractivity (Wildman–Crippen MR) is 86.8 cm³/mol. The van der Waals surface area contributed by atoms with Crippen LogP contribution in [-0.4, -0.2) is 44.5 Å². The summed E-state index contributed by atoms with van der Waals surface area (Å²) >= 11 is 0. The Kier molecular flexibility index (Phi) is 5.02. The molecule has 7 nitrogen and oxygen atoms in total. The van der Waals surface area contributed by atoms with Gasteiger partial charge in [0.25, 0.3) is 0 Å². The number of hydrogen-bond donors (Lipinski definition) is 4. The highest BCUT2D eigenvalue weighted by Gasteiger charge is 2.15. The zero-order valence-electron chi connectivity index (χ0n) is 12.9. The van der Waals surface area contributed by atoms with Crippen LogP contribution in [0.15, 0.2) is 30.6 Å². The van der Waals surface area contributed by atoms with E-state index in [1.165, 1.54) is 6.92 Å². The first kappa shape index (κ1) is 16.6. The molecular formula is C16H18N4O3.